The Morgan fingerprint density at radius 1 is 1.27 bits per heavy atom. The van der Waals surface area contributed by atoms with Crippen LogP contribution in [0.25, 0.3) is 0 Å². The van der Waals surface area contributed by atoms with E-state index in [1.807, 2.05) is 0 Å². The summed E-state index contributed by atoms with van der Waals surface area (Å²) in [7, 11) is -0.531. The summed E-state index contributed by atoms with van der Waals surface area (Å²) in [6, 6.07) is 0. The number of hydrogen-bond donors (Lipinski definition) is 0. The highest BCUT2D eigenvalue weighted by Gasteiger charge is 2.59. The predicted molar refractivity (Wildman–Crippen MR) is 103 cm³/mol. The Balaban J connectivity index is 2.29. The Morgan fingerprint density at radius 2 is 1.92 bits per heavy atom. The van der Waals surface area contributed by atoms with Crippen molar-refractivity contribution in [3.8, 4) is 0 Å². The van der Waals surface area contributed by atoms with Crippen LogP contribution in [0.4, 0.5) is 0 Å². The summed E-state index contributed by atoms with van der Waals surface area (Å²) in [5.74, 6) is -0.350. The lowest BCUT2D eigenvalue weighted by molar-refractivity contribution is -0.161. The van der Waals surface area contributed by atoms with Crippen LogP contribution in [0.1, 0.15) is 53.4 Å². The first-order valence-electron chi connectivity index (χ1n) is 9.53. The van der Waals surface area contributed by atoms with Gasteiger partial charge in [0.25, 0.3) is 0 Å². The highest BCUT2D eigenvalue weighted by atomic mass is 28.4. The number of esters is 2. The van der Waals surface area contributed by atoms with E-state index in [0.29, 0.717) is 13.0 Å². The number of rotatable bonds is 5. The third-order valence-corrected chi connectivity index (χ3v) is 11.0. The molecule has 26 heavy (non-hydrogen) atoms. The van der Waals surface area contributed by atoms with Crippen LogP contribution in [0.5, 0.6) is 0 Å². The van der Waals surface area contributed by atoms with Crippen molar-refractivity contribution >= 4 is 20.3 Å². The molecule has 6 heteroatoms. The molecule has 0 amide bonds. The minimum absolute atomic E-state index is 0.0871. The lowest BCUT2D eigenvalue weighted by atomic mass is 9.68. The average molecular weight is 383 g/mol. The third-order valence-electron chi connectivity index (χ3n) is 6.54. The molecule has 3 atom stereocenters. The van der Waals surface area contributed by atoms with Gasteiger partial charge in [-0.05, 0) is 55.3 Å². The lowest BCUT2D eigenvalue weighted by Gasteiger charge is -2.45. The molecular weight excluding hydrogens is 348 g/mol. The number of hydrogen-bond acceptors (Lipinski definition) is 5. The van der Waals surface area contributed by atoms with Gasteiger partial charge in [-0.3, -0.25) is 9.59 Å². The van der Waals surface area contributed by atoms with Crippen molar-refractivity contribution in [3.05, 3.63) is 11.6 Å². The Kier molecular flexibility index (Phi) is 6.08. The summed E-state index contributed by atoms with van der Waals surface area (Å²) in [6.45, 7) is 12.8. The maximum Gasteiger partial charge on any atom is 0.315 e. The van der Waals surface area contributed by atoms with Crippen molar-refractivity contribution in [1.82, 2.24) is 0 Å². The summed E-state index contributed by atoms with van der Waals surface area (Å²) >= 11 is 0. The first kappa shape index (κ1) is 21.2. The summed E-state index contributed by atoms with van der Waals surface area (Å²) in [6.07, 6.45) is 5.22. The van der Waals surface area contributed by atoms with Crippen LogP contribution in [0.3, 0.4) is 0 Å². The lowest BCUT2D eigenvalue weighted by Crippen LogP contribution is -2.52. The molecule has 0 unspecified atom stereocenters. The van der Waals surface area contributed by atoms with Crippen LogP contribution in [-0.2, 0) is 23.5 Å². The number of carbonyl (C=O) groups is 2. The zero-order valence-electron chi connectivity index (χ0n) is 17.3. The van der Waals surface area contributed by atoms with E-state index in [1.165, 1.54) is 14.0 Å². The molecule has 2 rings (SSSR count). The van der Waals surface area contributed by atoms with Crippen molar-refractivity contribution in [2.75, 3.05) is 13.7 Å². The Morgan fingerprint density at radius 3 is 2.46 bits per heavy atom. The zero-order chi connectivity index (χ0) is 19.8. The SMILES string of the molecule is COC(=O)[C@]12CCC(COC(C)=O)=C[C@H]1CC[C@H]2O[Si](C)(C)C(C)(C)C. The van der Waals surface area contributed by atoms with E-state index in [0.717, 1.165) is 24.8 Å². The predicted octanol–water partition coefficient (Wildman–Crippen LogP) is 4.23. The molecule has 0 spiro atoms. The molecule has 5 nitrogen and oxygen atoms in total. The second-order valence-electron chi connectivity index (χ2n) is 9.19. The van der Waals surface area contributed by atoms with Gasteiger partial charge in [0.1, 0.15) is 6.61 Å². The summed E-state index contributed by atoms with van der Waals surface area (Å²) in [5.41, 5.74) is 0.488. The first-order valence-corrected chi connectivity index (χ1v) is 12.4. The second-order valence-corrected chi connectivity index (χ2v) is 13.9. The van der Waals surface area contributed by atoms with Gasteiger partial charge in [-0.25, -0.2) is 0 Å². The van der Waals surface area contributed by atoms with Crippen molar-refractivity contribution in [1.29, 1.82) is 0 Å². The number of carbonyl (C=O) groups excluding carboxylic acids is 2. The fourth-order valence-electron chi connectivity index (χ4n) is 3.98. The summed E-state index contributed by atoms with van der Waals surface area (Å²) in [4.78, 5) is 24.0. The fraction of sp³-hybridized carbons (Fsp3) is 0.800. The van der Waals surface area contributed by atoms with Gasteiger partial charge in [0.2, 0.25) is 0 Å². The minimum Gasteiger partial charge on any atom is -0.469 e. The van der Waals surface area contributed by atoms with Crippen LogP contribution in [-0.4, -0.2) is 40.1 Å². The monoisotopic (exact) mass is 382 g/mol. The van der Waals surface area contributed by atoms with Gasteiger partial charge in [0, 0.05) is 6.92 Å². The number of allylic oxidation sites excluding steroid dienone is 1. The van der Waals surface area contributed by atoms with E-state index in [9.17, 15) is 9.59 Å². The highest BCUT2D eigenvalue weighted by Crippen LogP contribution is 2.55. The van der Waals surface area contributed by atoms with Gasteiger partial charge in [-0.1, -0.05) is 26.8 Å². The smallest absolute Gasteiger partial charge is 0.315 e. The standard InChI is InChI=1S/C20H34O5Si/c1-14(21)24-13-15-10-11-20(18(22)23-5)16(12-15)8-9-17(20)25-26(6,7)19(2,3)4/h12,16-17H,8-11,13H2,1-7H3/t16-,17-,20-/m1/s1. The Hall–Kier alpha value is -1.14. The Bertz CT molecular complexity index is 589. The minimum atomic E-state index is -2.00. The number of fused-ring (bicyclic) bond motifs is 1. The summed E-state index contributed by atoms with van der Waals surface area (Å²) in [5, 5.41) is 0.0907. The first-order chi connectivity index (χ1) is 11.9. The molecular formula is C20H34O5Si. The normalized spacial score (nSPS) is 29.0. The van der Waals surface area contributed by atoms with Crippen LogP contribution in [0.15, 0.2) is 11.6 Å². The highest BCUT2D eigenvalue weighted by molar-refractivity contribution is 6.74. The summed E-state index contributed by atoms with van der Waals surface area (Å²) < 4.78 is 17.1. The topological polar surface area (TPSA) is 61.8 Å². The van der Waals surface area contributed by atoms with Gasteiger partial charge in [-0.15, -0.1) is 0 Å². The molecule has 0 aromatic rings. The van der Waals surface area contributed by atoms with Crippen molar-refractivity contribution in [2.45, 2.75) is 77.6 Å². The van der Waals surface area contributed by atoms with Gasteiger partial charge in [0.05, 0.1) is 18.6 Å². The largest absolute Gasteiger partial charge is 0.469 e. The molecule has 0 aromatic heterocycles. The molecule has 0 radical (unpaired) electrons. The van der Waals surface area contributed by atoms with E-state index >= 15 is 0 Å². The Labute approximate surface area is 158 Å². The number of ether oxygens (including phenoxy) is 2. The van der Waals surface area contributed by atoms with Gasteiger partial charge < -0.3 is 13.9 Å². The van der Waals surface area contributed by atoms with E-state index in [4.69, 9.17) is 13.9 Å². The quantitative estimate of drug-likeness (QED) is 0.404. The molecule has 0 heterocycles. The fourth-order valence-corrected chi connectivity index (χ4v) is 5.38. The van der Waals surface area contributed by atoms with Gasteiger partial charge in [-0.2, -0.15) is 0 Å². The third kappa shape index (κ3) is 3.91. The molecule has 2 aliphatic rings. The zero-order valence-corrected chi connectivity index (χ0v) is 18.3. The molecule has 1 saturated carbocycles. The van der Waals surface area contributed by atoms with Crippen molar-refractivity contribution in [3.63, 3.8) is 0 Å². The van der Waals surface area contributed by atoms with Crippen molar-refractivity contribution < 1.29 is 23.5 Å². The number of methoxy groups -OCH3 is 1. The molecule has 0 N–H and O–H groups in total. The van der Waals surface area contributed by atoms with Crippen LogP contribution < -0.4 is 0 Å². The second kappa shape index (κ2) is 7.47. The van der Waals surface area contributed by atoms with E-state index in [2.05, 4.69) is 39.9 Å². The molecule has 148 valence electrons. The van der Waals surface area contributed by atoms with E-state index < -0.39 is 13.7 Å². The molecule has 1 fully saturated rings. The molecule has 0 saturated heterocycles. The molecule has 0 aromatic carbocycles. The average Bonchev–Trinajstić information content (AvgIpc) is 2.89. The maximum absolute atomic E-state index is 12.9. The molecule has 0 aliphatic heterocycles. The maximum atomic E-state index is 12.9. The van der Waals surface area contributed by atoms with Gasteiger partial charge >= 0.3 is 11.9 Å². The molecule has 2 aliphatic carbocycles. The van der Waals surface area contributed by atoms with Crippen LogP contribution >= 0.6 is 0 Å². The van der Waals surface area contributed by atoms with Crippen LogP contribution in [0, 0.1) is 11.3 Å². The van der Waals surface area contributed by atoms with Crippen LogP contribution in [0.2, 0.25) is 18.1 Å². The van der Waals surface area contributed by atoms with Gasteiger partial charge in [0.15, 0.2) is 8.32 Å². The van der Waals surface area contributed by atoms with E-state index in [1.54, 1.807) is 0 Å². The molecule has 0 bridgehead atoms. The van der Waals surface area contributed by atoms with Crippen molar-refractivity contribution in [2.24, 2.45) is 11.3 Å². The van der Waals surface area contributed by atoms with E-state index in [-0.39, 0.29) is 29.0 Å².